The highest BCUT2D eigenvalue weighted by molar-refractivity contribution is 5.87. The van der Waals surface area contributed by atoms with Gasteiger partial charge in [-0.25, -0.2) is 9.97 Å². The number of anilines is 1. The van der Waals surface area contributed by atoms with Crippen LogP contribution in [0.25, 0.3) is 11.4 Å². The van der Waals surface area contributed by atoms with Crippen LogP contribution in [0.15, 0.2) is 91.0 Å². The van der Waals surface area contributed by atoms with Crippen molar-refractivity contribution in [2.24, 2.45) is 0 Å². The summed E-state index contributed by atoms with van der Waals surface area (Å²) in [4.78, 5) is 31.3. The molecule has 1 amide bonds. The molecule has 3 aromatic carbocycles. The fourth-order valence-electron chi connectivity index (χ4n) is 5.79. The number of likely N-dealkylation sites (N-methyl/N-ethyl adjacent to an activating group) is 1. The molecule has 0 aliphatic carbocycles. The number of hydrogen-bond acceptors (Lipinski definition) is 5. The minimum atomic E-state index is -0.338. The molecule has 1 fully saturated rings. The van der Waals surface area contributed by atoms with Gasteiger partial charge >= 0.3 is 0 Å². The standard InChI is InChI=1S/C33H35N5O/c1-2-36-20-22-37(23-21-36)32-28-24-38(19-18-29(28)34-31(35-32)27-16-10-5-11-17-27)33(39)30(25-12-6-3-7-13-25)26-14-8-4-9-15-26/h3-17,30H,2,18-24H2,1H3. The van der Waals surface area contributed by atoms with E-state index >= 15 is 0 Å². The Kier molecular flexibility index (Phi) is 7.37. The molecule has 0 N–H and O–H groups in total. The average Bonchev–Trinajstić information content (AvgIpc) is 3.02. The molecule has 6 heteroatoms. The largest absolute Gasteiger partial charge is 0.354 e. The zero-order chi connectivity index (χ0) is 26.6. The number of amides is 1. The van der Waals surface area contributed by atoms with Crippen molar-refractivity contribution in [2.45, 2.75) is 25.8 Å². The van der Waals surface area contributed by atoms with E-state index in [4.69, 9.17) is 9.97 Å². The Morgan fingerprint density at radius 2 is 1.36 bits per heavy atom. The van der Waals surface area contributed by atoms with Crippen LogP contribution in [0.3, 0.4) is 0 Å². The third-order valence-electron chi connectivity index (χ3n) is 8.01. The van der Waals surface area contributed by atoms with Crippen molar-refractivity contribution in [1.82, 2.24) is 19.8 Å². The molecule has 0 bridgehead atoms. The van der Waals surface area contributed by atoms with Crippen molar-refractivity contribution in [3.05, 3.63) is 113 Å². The minimum absolute atomic E-state index is 0.131. The number of nitrogens with zero attached hydrogens (tertiary/aromatic N) is 5. The first kappa shape index (κ1) is 25.3. The third kappa shape index (κ3) is 5.30. The van der Waals surface area contributed by atoms with Gasteiger partial charge in [-0.05, 0) is 17.7 Å². The maximum Gasteiger partial charge on any atom is 0.234 e. The molecule has 4 aromatic rings. The van der Waals surface area contributed by atoms with E-state index in [-0.39, 0.29) is 11.8 Å². The first-order valence-electron chi connectivity index (χ1n) is 14.0. The summed E-state index contributed by atoms with van der Waals surface area (Å²) in [5.74, 6) is 1.55. The van der Waals surface area contributed by atoms with Crippen molar-refractivity contribution in [3.8, 4) is 11.4 Å². The van der Waals surface area contributed by atoms with Crippen LogP contribution in [0, 0.1) is 0 Å². The maximum absolute atomic E-state index is 14.2. The lowest BCUT2D eigenvalue weighted by Crippen LogP contribution is -2.47. The smallest absolute Gasteiger partial charge is 0.234 e. The zero-order valence-electron chi connectivity index (χ0n) is 22.5. The quantitative estimate of drug-likeness (QED) is 0.360. The monoisotopic (exact) mass is 517 g/mol. The molecule has 1 aromatic heterocycles. The number of carbonyl (C=O) groups excluding carboxylic acids is 1. The lowest BCUT2D eigenvalue weighted by Gasteiger charge is -2.38. The Balaban J connectivity index is 1.36. The Morgan fingerprint density at radius 1 is 0.769 bits per heavy atom. The minimum Gasteiger partial charge on any atom is -0.354 e. The van der Waals surface area contributed by atoms with E-state index in [0.717, 1.165) is 78.7 Å². The highest BCUT2D eigenvalue weighted by atomic mass is 16.2. The SMILES string of the molecule is CCN1CCN(c2nc(-c3ccccc3)nc3c2CN(C(=O)C(c2ccccc2)c2ccccc2)CC3)CC1. The van der Waals surface area contributed by atoms with Crippen LogP contribution in [0.1, 0.15) is 35.2 Å². The molecule has 2 aliphatic heterocycles. The van der Waals surface area contributed by atoms with Crippen molar-refractivity contribution < 1.29 is 4.79 Å². The van der Waals surface area contributed by atoms with E-state index in [1.165, 1.54) is 0 Å². The third-order valence-corrected chi connectivity index (χ3v) is 8.01. The lowest BCUT2D eigenvalue weighted by atomic mass is 9.89. The number of hydrogen-bond donors (Lipinski definition) is 0. The number of piperazine rings is 1. The van der Waals surface area contributed by atoms with Crippen LogP contribution in [0.2, 0.25) is 0 Å². The molecule has 2 aliphatic rings. The molecule has 198 valence electrons. The van der Waals surface area contributed by atoms with Gasteiger partial charge < -0.3 is 14.7 Å². The molecule has 0 spiro atoms. The highest BCUT2D eigenvalue weighted by Gasteiger charge is 2.33. The topological polar surface area (TPSA) is 52.6 Å². The highest BCUT2D eigenvalue weighted by Crippen LogP contribution is 2.33. The summed E-state index contributed by atoms with van der Waals surface area (Å²) < 4.78 is 0. The Morgan fingerprint density at radius 3 is 1.95 bits per heavy atom. The van der Waals surface area contributed by atoms with Gasteiger partial charge in [0.2, 0.25) is 5.91 Å². The van der Waals surface area contributed by atoms with Crippen molar-refractivity contribution >= 4 is 11.7 Å². The fourth-order valence-corrected chi connectivity index (χ4v) is 5.79. The van der Waals surface area contributed by atoms with E-state index < -0.39 is 0 Å². The first-order chi connectivity index (χ1) is 19.2. The summed E-state index contributed by atoms with van der Waals surface area (Å²) in [7, 11) is 0. The van der Waals surface area contributed by atoms with Gasteiger partial charge in [-0.2, -0.15) is 0 Å². The molecular formula is C33H35N5O. The molecule has 3 heterocycles. The van der Waals surface area contributed by atoms with E-state index in [9.17, 15) is 4.79 Å². The Bertz CT molecular complexity index is 1360. The molecule has 6 rings (SSSR count). The summed E-state index contributed by atoms with van der Waals surface area (Å²) in [6.07, 6.45) is 0.724. The maximum atomic E-state index is 14.2. The summed E-state index contributed by atoms with van der Waals surface area (Å²) >= 11 is 0. The van der Waals surface area contributed by atoms with Crippen LogP contribution in [0.4, 0.5) is 5.82 Å². The second kappa shape index (κ2) is 11.4. The Labute approximate surface area is 230 Å². The number of rotatable bonds is 6. The predicted molar refractivity (Wildman–Crippen MR) is 156 cm³/mol. The molecule has 1 saturated heterocycles. The second-order valence-corrected chi connectivity index (χ2v) is 10.3. The van der Waals surface area contributed by atoms with Gasteiger partial charge in [0.15, 0.2) is 5.82 Å². The van der Waals surface area contributed by atoms with Gasteiger partial charge in [-0.3, -0.25) is 4.79 Å². The van der Waals surface area contributed by atoms with Crippen LogP contribution in [-0.4, -0.2) is 64.9 Å². The van der Waals surface area contributed by atoms with Crippen LogP contribution in [0.5, 0.6) is 0 Å². The predicted octanol–water partition coefficient (Wildman–Crippen LogP) is 5.00. The molecule has 0 radical (unpaired) electrons. The normalized spacial score (nSPS) is 15.8. The van der Waals surface area contributed by atoms with Gasteiger partial charge in [0.05, 0.1) is 18.2 Å². The van der Waals surface area contributed by atoms with E-state index in [2.05, 4.69) is 53.1 Å². The molecule has 0 unspecified atom stereocenters. The Hall–Kier alpha value is -4.03. The number of benzene rings is 3. The molecule has 0 atom stereocenters. The van der Waals surface area contributed by atoms with Crippen LogP contribution in [-0.2, 0) is 17.8 Å². The van der Waals surface area contributed by atoms with E-state index in [0.29, 0.717) is 13.1 Å². The number of carbonyl (C=O) groups is 1. The number of fused-ring (bicyclic) bond motifs is 1. The molecule has 0 saturated carbocycles. The fraction of sp³-hybridized carbons (Fsp3) is 0.303. The lowest BCUT2D eigenvalue weighted by molar-refractivity contribution is -0.132. The number of aromatic nitrogens is 2. The summed E-state index contributed by atoms with van der Waals surface area (Å²) in [6.45, 7) is 8.35. The van der Waals surface area contributed by atoms with Gasteiger partial charge in [0, 0.05) is 50.3 Å². The van der Waals surface area contributed by atoms with Crippen molar-refractivity contribution in [3.63, 3.8) is 0 Å². The van der Waals surface area contributed by atoms with Gasteiger partial charge in [0.1, 0.15) is 5.82 Å². The van der Waals surface area contributed by atoms with Gasteiger partial charge in [-0.15, -0.1) is 0 Å². The molecule has 6 nitrogen and oxygen atoms in total. The van der Waals surface area contributed by atoms with Crippen LogP contribution < -0.4 is 4.90 Å². The van der Waals surface area contributed by atoms with Crippen LogP contribution >= 0.6 is 0 Å². The van der Waals surface area contributed by atoms with Crippen molar-refractivity contribution in [1.29, 1.82) is 0 Å². The van der Waals surface area contributed by atoms with E-state index in [1.807, 2.05) is 59.5 Å². The first-order valence-corrected chi connectivity index (χ1v) is 14.0. The van der Waals surface area contributed by atoms with Gasteiger partial charge in [-0.1, -0.05) is 97.9 Å². The summed E-state index contributed by atoms with van der Waals surface area (Å²) in [6, 6.07) is 30.5. The second-order valence-electron chi connectivity index (χ2n) is 10.3. The summed E-state index contributed by atoms with van der Waals surface area (Å²) in [5.41, 5.74) is 5.23. The van der Waals surface area contributed by atoms with Crippen molar-refractivity contribution in [2.75, 3.05) is 44.2 Å². The average molecular weight is 518 g/mol. The summed E-state index contributed by atoms with van der Waals surface area (Å²) in [5, 5.41) is 0. The zero-order valence-corrected chi connectivity index (χ0v) is 22.5. The van der Waals surface area contributed by atoms with E-state index in [1.54, 1.807) is 0 Å². The molecule has 39 heavy (non-hydrogen) atoms. The van der Waals surface area contributed by atoms with Gasteiger partial charge in [0.25, 0.3) is 0 Å². The molecular weight excluding hydrogens is 482 g/mol.